The quantitative estimate of drug-likeness (QED) is 0.681. The minimum absolute atomic E-state index is 0.0377. The number of fused-ring (bicyclic) bond motifs is 1. The monoisotopic (exact) mass is 384 g/mol. The number of benzene rings is 1. The number of nitrogens with one attached hydrogen (secondary N) is 1. The van der Waals surface area contributed by atoms with E-state index in [0.29, 0.717) is 31.7 Å². The lowest BCUT2D eigenvalue weighted by atomic mass is 9.96. The number of aromatic nitrogens is 5. The lowest BCUT2D eigenvalue weighted by molar-refractivity contribution is 0.0703. The minimum atomic E-state index is -0.204. The van der Waals surface area contributed by atoms with Gasteiger partial charge in [-0.15, -0.1) is 0 Å². The van der Waals surface area contributed by atoms with Gasteiger partial charge in [-0.05, 0) is 38.0 Å². The molecule has 9 nitrogen and oxygen atoms in total. The second-order valence-electron chi connectivity index (χ2n) is 7.09. The van der Waals surface area contributed by atoms with Crippen LogP contribution < -0.4 is 5.69 Å². The molecule has 0 saturated carbocycles. The lowest BCUT2D eigenvalue weighted by Gasteiger charge is -2.32. The fraction of sp³-hybridized carbons (Fsp3) is 0.474. The first kappa shape index (κ1) is 18.4. The molecule has 1 fully saturated rings. The summed E-state index contributed by atoms with van der Waals surface area (Å²) in [4.78, 5) is 31.1. The Morgan fingerprint density at radius 2 is 2.25 bits per heavy atom. The third-order valence-corrected chi connectivity index (χ3v) is 5.39. The van der Waals surface area contributed by atoms with Crippen LogP contribution in [0.4, 0.5) is 0 Å². The van der Waals surface area contributed by atoms with E-state index < -0.39 is 0 Å². The van der Waals surface area contributed by atoms with Crippen LogP contribution >= 0.6 is 0 Å². The number of likely N-dealkylation sites (tertiary alicyclic amines) is 1. The molecular formula is C19H24N6O3. The number of piperidine rings is 1. The number of carbonyl (C=O) groups is 1. The molecular weight excluding hydrogens is 360 g/mol. The van der Waals surface area contributed by atoms with Gasteiger partial charge in [0.05, 0.1) is 24.0 Å². The van der Waals surface area contributed by atoms with Gasteiger partial charge >= 0.3 is 5.69 Å². The van der Waals surface area contributed by atoms with E-state index in [1.54, 1.807) is 23.0 Å². The highest BCUT2D eigenvalue weighted by molar-refractivity contribution is 5.97. The Labute approximate surface area is 161 Å². The van der Waals surface area contributed by atoms with Gasteiger partial charge in [0, 0.05) is 37.7 Å². The largest absolute Gasteiger partial charge is 0.395 e. The molecule has 1 unspecified atom stereocenters. The van der Waals surface area contributed by atoms with Crippen LogP contribution in [0.1, 0.15) is 41.9 Å². The molecule has 2 aromatic heterocycles. The highest BCUT2D eigenvalue weighted by Gasteiger charge is 2.29. The van der Waals surface area contributed by atoms with Gasteiger partial charge in [-0.1, -0.05) is 0 Å². The van der Waals surface area contributed by atoms with Gasteiger partial charge in [0.15, 0.2) is 0 Å². The number of hydrogen-bond donors (Lipinski definition) is 2. The molecule has 3 aromatic rings. The number of nitrogens with zero attached hydrogens (tertiary/aromatic N) is 5. The summed E-state index contributed by atoms with van der Waals surface area (Å²) < 4.78 is 3.50. The van der Waals surface area contributed by atoms with Crippen LogP contribution in [0.3, 0.4) is 0 Å². The molecule has 1 aromatic carbocycles. The van der Waals surface area contributed by atoms with Crippen molar-refractivity contribution in [3.63, 3.8) is 0 Å². The summed E-state index contributed by atoms with van der Waals surface area (Å²) >= 11 is 0. The van der Waals surface area contributed by atoms with Crippen molar-refractivity contribution in [3.8, 4) is 0 Å². The summed E-state index contributed by atoms with van der Waals surface area (Å²) in [7, 11) is 0. The molecule has 1 saturated heterocycles. The van der Waals surface area contributed by atoms with Crippen molar-refractivity contribution < 1.29 is 9.90 Å². The second kappa shape index (κ2) is 7.59. The van der Waals surface area contributed by atoms with Gasteiger partial charge in [0.2, 0.25) is 0 Å². The van der Waals surface area contributed by atoms with Crippen LogP contribution in [0.2, 0.25) is 0 Å². The van der Waals surface area contributed by atoms with Gasteiger partial charge in [0.25, 0.3) is 5.91 Å². The van der Waals surface area contributed by atoms with Crippen molar-refractivity contribution in [1.29, 1.82) is 0 Å². The van der Waals surface area contributed by atoms with Crippen molar-refractivity contribution in [1.82, 2.24) is 29.2 Å². The molecule has 28 heavy (non-hydrogen) atoms. The van der Waals surface area contributed by atoms with Gasteiger partial charge in [-0.3, -0.25) is 9.36 Å². The maximum Gasteiger partial charge on any atom is 0.343 e. The standard InChI is InChI=1S/C19H24N6O3/c1-2-25-17(21-22-19(25)28)14-4-3-7-23(11-14)18(27)13-5-6-16-15(10-13)20-12-24(16)8-9-26/h5-6,10,12,14,26H,2-4,7-9,11H2,1H3,(H,22,28). The maximum absolute atomic E-state index is 13.1. The van der Waals surface area contributed by atoms with E-state index in [-0.39, 0.29) is 24.1 Å². The number of rotatable bonds is 5. The van der Waals surface area contributed by atoms with Crippen molar-refractivity contribution in [2.75, 3.05) is 19.7 Å². The Bertz CT molecular complexity index is 1050. The van der Waals surface area contributed by atoms with E-state index in [0.717, 1.165) is 29.7 Å². The fourth-order valence-electron chi connectivity index (χ4n) is 3.98. The molecule has 1 atom stereocenters. The number of imidazole rings is 1. The summed E-state index contributed by atoms with van der Waals surface area (Å²) in [5.41, 5.74) is 2.02. The van der Waals surface area contributed by atoms with E-state index in [1.165, 1.54) is 0 Å². The fourth-order valence-corrected chi connectivity index (χ4v) is 3.98. The Hall–Kier alpha value is -2.94. The maximum atomic E-state index is 13.1. The second-order valence-corrected chi connectivity index (χ2v) is 7.09. The van der Waals surface area contributed by atoms with E-state index in [1.807, 2.05) is 22.5 Å². The van der Waals surface area contributed by atoms with Crippen molar-refractivity contribution >= 4 is 16.9 Å². The number of amides is 1. The normalized spacial score (nSPS) is 17.4. The van der Waals surface area contributed by atoms with Crippen molar-refractivity contribution in [3.05, 3.63) is 46.4 Å². The van der Waals surface area contributed by atoms with Crippen molar-refractivity contribution in [2.24, 2.45) is 0 Å². The van der Waals surface area contributed by atoms with Crippen LogP contribution in [-0.2, 0) is 13.1 Å². The molecule has 1 aliphatic rings. The Morgan fingerprint density at radius 1 is 1.39 bits per heavy atom. The number of aliphatic hydroxyl groups is 1. The molecule has 148 valence electrons. The summed E-state index contributed by atoms with van der Waals surface area (Å²) in [5, 5.41) is 15.8. The molecule has 9 heteroatoms. The van der Waals surface area contributed by atoms with Gasteiger partial charge in [0.1, 0.15) is 5.82 Å². The van der Waals surface area contributed by atoms with Gasteiger partial charge in [-0.2, -0.15) is 5.10 Å². The molecule has 0 spiro atoms. The number of aromatic amines is 1. The molecule has 1 aliphatic heterocycles. The minimum Gasteiger partial charge on any atom is -0.395 e. The number of aliphatic hydroxyl groups excluding tert-OH is 1. The lowest BCUT2D eigenvalue weighted by Crippen LogP contribution is -2.40. The number of carbonyl (C=O) groups excluding carboxylic acids is 1. The first-order valence-corrected chi connectivity index (χ1v) is 9.62. The average Bonchev–Trinajstić information content (AvgIpc) is 3.30. The first-order valence-electron chi connectivity index (χ1n) is 9.62. The van der Waals surface area contributed by atoms with Crippen LogP contribution in [0, 0.1) is 0 Å². The zero-order valence-electron chi connectivity index (χ0n) is 15.8. The highest BCUT2D eigenvalue weighted by Crippen LogP contribution is 2.26. The zero-order valence-corrected chi connectivity index (χ0v) is 15.8. The summed E-state index contributed by atoms with van der Waals surface area (Å²) in [5.74, 6) is 0.733. The van der Waals surface area contributed by atoms with Gasteiger partial charge in [-0.25, -0.2) is 14.9 Å². The van der Waals surface area contributed by atoms with Crippen LogP contribution in [0.15, 0.2) is 29.3 Å². The van der Waals surface area contributed by atoms with E-state index in [9.17, 15) is 9.59 Å². The zero-order chi connectivity index (χ0) is 19.7. The summed E-state index contributed by atoms with van der Waals surface area (Å²) in [6.45, 7) is 4.21. The van der Waals surface area contributed by atoms with Gasteiger partial charge < -0.3 is 14.6 Å². The highest BCUT2D eigenvalue weighted by atomic mass is 16.3. The summed E-state index contributed by atoms with van der Waals surface area (Å²) in [6, 6.07) is 5.47. The predicted octanol–water partition coefficient (Wildman–Crippen LogP) is 0.953. The van der Waals surface area contributed by atoms with E-state index in [4.69, 9.17) is 5.11 Å². The van der Waals surface area contributed by atoms with Crippen LogP contribution in [0.25, 0.3) is 11.0 Å². The SMILES string of the molecule is CCn1c(C2CCCN(C(=O)c3ccc4c(c3)ncn4CCO)C2)n[nH]c1=O. The van der Waals surface area contributed by atoms with Crippen LogP contribution in [0.5, 0.6) is 0 Å². The van der Waals surface area contributed by atoms with E-state index >= 15 is 0 Å². The molecule has 0 bridgehead atoms. The molecule has 1 amide bonds. The Kier molecular flexibility index (Phi) is 4.99. The first-order chi connectivity index (χ1) is 13.6. The topological polar surface area (TPSA) is 109 Å². The molecule has 3 heterocycles. The molecule has 4 rings (SSSR count). The summed E-state index contributed by atoms with van der Waals surface area (Å²) in [6.07, 6.45) is 3.45. The average molecular weight is 384 g/mol. The van der Waals surface area contributed by atoms with Crippen molar-refractivity contribution in [2.45, 2.75) is 38.8 Å². The number of H-pyrrole nitrogens is 1. The predicted molar refractivity (Wildman–Crippen MR) is 103 cm³/mol. The smallest absolute Gasteiger partial charge is 0.343 e. The molecule has 0 aliphatic carbocycles. The molecule has 0 radical (unpaired) electrons. The Morgan fingerprint density at radius 3 is 3.04 bits per heavy atom. The third-order valence-electron chi connectivity index (χ3n) is 5.39. The number of hydrogen-bond acceptors (Lipinski definition) is 5. The van der Waals surface area contributed by atoms with E-state index in [2.05, 4.69) is 15.2 Å². The van der Waals surface area contributed by atoms with Crippen LogP contribution in [-0.4, -0.2) is 59.9 Å². The third kappa shape index (κ3) is 3.22. The Balaban J connectivity index is 1.56. The molecule has 2 N–H and O–H groups in total.